The minimum atomic E-state index is -0.876. The molecule has 0 unspecified atom stereocenters. The molecule has 0 N–H and O–H groups in total. The maximum Gasteiger partial charge on any atom is 0.240 e. The summed E-state index contributed by atoms with van der Waals surface area (Å²) in [5, 5.41) is 5.96. The minimum absolute atomic E-state index is 0.254. The van der Waals surface area contributed by atoms with Gasteiger partial charge in [-0.1, -0.05) is 6.08 Å². The van der Waals surface area contributed by atoms with Crippen molar-refractivity contribution in [1.29, 1.82) is 0 Å². The lowest BCUT2D eigenvalue weighted by atomic mass is 9.86. The fourth-order valence-electron chi connectivity index (χ4n) is 4.75. The third kappa shape index (κ3) is 2.90. The van der Waals surface area contributed by atoms with Gasteiger partial charge in [-0.2, -0.15) is 5.10 Å². The molecule has 8 nitrogen and oxygen atoms in total. The van der Waals surface area contributed by atoms with Gasteiger partial charge >= 0.3 is 0 Å². The van der Waals surface area contributed by atoms with Crippen LogP contribution in [0.1, 0.15) is 10.4 Å². The minimum Gasteiger partial charge on any atom is -0.497 e. The number of Topliss-reactive ketones (excluding diaryl/α,β-unsaturated/α-hetero) is 1. The molecular formula is C24H21N3O5. The Hall–Kier alpha value is -3.94. The van der Waals surface area contributed by atoms with Crippen LogP contribution in [-0.2, 0) is 9.59 Å². The number of carbonyl (C=O) groups excluding carboxylic acids is 3. The summed E-state index contributed by atoms with van der Waals surface area (Å²) in [6.07, 6.45) is 5.14. The molecule has 2 amide bonds. The fraction of sp³-hybridized carbons (Fsp3) is 0.250. The molecule has 2 fully saturated rings. The number of anilines is 1. The van der Waals surface area contributed by atoms with Crippen LogP contribution >= 0.6 is 0 Å². The lowest BCUT2D eigenvalue weighted by Crippen LogP contribution is -2.46. The smallest absolute Gasteiger partial charge is 0.240 e. The molecule has 2 saturated heterocycles. The molecule has 0 radical (unpaired) electrons. The SMILES string of the molecule is COc1ccc(C(=O)[C@@H]2[C@H]3C(=O)N(c4ccc(OC)cc4)C(=O)[C@@H]3[C@H]3C=CC=NN32)cc1. The third-order valence-corrected chi connectivity index (χ3v) is 6.26. The Balaban J connectivity index is 1.53. The summed E-state index contributed by atoms with van der Waals surface area (Å²) in [6.45, 7) is 0. The first kappa shape index (κ1) is 20.0. The zero-order valence-corrected chi connectivity index (χ0v) is 17.5. The summed E-state index contributed by atoms with van der Waals surface area (Å²) in [7, 11) is 3.10. The second kappa shape index (κ2) is 7.64. The van der Waals surface area contributed by atoms with E-state index in [1.807, 2.05) is 6.08 Å². The number of hydrogen-bond acceptors (Lipinski definition) is 7. The first-order valence-electron chi connectivity index (χ1n) is 10.2. The number of allylic oxidation sites excluding steroid dienone is 1. The van der Waals surface area contributed by atoms with E-state index in [1.54, 1.807) is 80.1 Å². The van der Waals surface area contributed by atoms with E-state index in [9.17, 15) is 14.4 Å². The van der Waals surface area contributed by atoms with E-state index >= 15 is 0 Å². The molecule has 0 aromatic heterocycles. The summed E-state index contributed by atoms with van der Waals surface area (Å²) in [5.74, 6) is -1.25. The highest BCUT2D eigenvalue weighted by molar-refractivity contribution is 6.24. The number of methoxy groups -OCH3 is 2. The van der Waals surface area contributed by atoms with E-state index in [0.29, 0.717) is 22.7 Å². The molecule has 0 bridgehead atoms. The Kier molecular flexibility index (Phi) is 4.77. The van der Waals surface area contributed by atoms with E-state index in [-0.39, 0.29) is 11.7 Å². The molecule has 2 aromatic rings. The topological polar surface area (TPSA) is 88.5 Å². The van der Waals surface area contributed by atoms with Crippen LogP contribution < -0.4 is 14.4 Å². The quantitative estimate of drug-likeness (QED) is 0.533. The molecule has 3 heterocycles. The number of amides is 2. The van der Waals surface area contributed by atoms with Crippen LogP contribution in [0.15, 0.2) is 65.8 Å². The lowest BCUT2D eigenvalue weighted by molar-refractivity contribution is -0.123. The monoisotopic (exact) mass is 431 g/mol. The molecule has 3 aliphatic heterocycles. The Labute approximate surface area is 184 Å². The zero-order chi connectivity index (χ0) is 22.4. The van der Waals surface area contributed by atoms with Crippen molar-refractivity contribution < 1.29 is 23.9 Å². The number of fused-ring (bicyclic) bond motifs is 3. The normalized spacial score (nSPS) is 25.7. The van der Waals surface area contributed by atoms with Crippen LogP contribution in [0, 0.1) is 11.8 Å². The highest BCUT2D eigenvalue weighted by Crippen LogP contribution is 2.46. The van der Waals surface area contributed by atoms with Crippen molar-refractivity contribution in [3.05, 3.63) is 66.2 Å². The van der Waals surface area contributed by atoms with Gasteiger partial charge in [0.2, 0.25) is 11.8 Å². The van der Waals surface area contributed by atoms with E-state index in [1.165, 1.54) is 4.90 Å². The molecule has 162 valence electrons. The number of ketones is 1. The van der Waals surface area contributed by atoms with Gasteiger partial charge in [0, 0.05) is 11.8 Å². The molecule has 8 heteroatoms. The number of rotatable bonds is 5. The maximum absolute atomic E-state index is 13.5. The zero-order valence-electron chi connectivity index (χ0n) is 17.5. The van der Waals surface area contributed by atoms with Crippen molar-refractivity contribution >= 4 is 29.5 Å². The van der Waals surface area contributed by atoms with Crippen LogP contribution in [0.2, 0.25) is 0 Å². The van der Waals surface area contributed by atoms with Crippen LogP contribution in [0.25, 0.3) is 0 Å². The largest absolute Gasteiger partial charge is 0.497 e. The van der Waals surface area contributed by atoms with Gasteiger partial charge in [-0.25, -0.2) is 4.90 Å². The Bertz CT molecular complexity index is 1140. The standard InChI is InChI=1S/C24H21N3O5/c1-31-16-9-5-14(6-10-16)22(28)21-20-19(18-4-3-13-25-27(18)21)23(29)26(24(20)30)15-7-11-17(32-2)12-8-15/h3-13,18-21H,1-2H3/t18-,19-,20+,21+/m1/s1. The van der Waals surface area contributed by atoms with Gasteiger partial charge in [-0.3, -0.25) is 19.4 Å². The highest BCUT2D eigenvalue weighted by atomic mass is 16.5. The number of carbonyl (C=O) groups is 3. The molecule has 3 aliphatic rings. The van der Waals surface area contributed by atoms with Gasteiger partial charge in [0.15, 0.2) is 5.78 Å². The maximum atomic E-state index is 13.5. The average molecular weight is 431 g/mol. The number of nitrogens with zero attached hydrogens (tertiary/aromatic N) is 3. The Morgan fingerprint density at radius 1 is 0.875 bits per heavy atom. The first-order chi connectivity index (χ1) is 15.5. The lowest BCUT2D eigenvalue weighted by Gasteiger charge is -2.30. The Morgan fingerprint density at radius 2 is 1.47 bits per heavy atom. The van der Waals surface area contributed by atoms with Crippen molar-refractivity contribution in [2.24, 2.45) is 16.9 Å². The summed E-state index contributed by atoms with van der Waals surface area (Å²) in [5.41, 5.74) is 0.892. The third-order valence-electron chi connectivity index (χ3n) is 6.26. The molecule has 5 rings (SSSR count). The van der Waals surface area contributed by atoms with Gasteiger partial charge < -0.3 is 9.47 Å². The van der Waals surface area contributed by atoms with Gasteiger partial charge in [-0.15, -0.1) is 0 Å². The predicted molar refractivity (Wildman–Crippen MR) is 117 cm³/mol. The molecular weight excluding hydrogens is 410 g/mol. The molecule has 0 aliphatic carbocycles. The summed E-state index contributed by atoms with van der Waals surface area (Å²) in [4.78, 5) is 41.7. The first-order valence-corrected chi connectivity index (χ1v) is 10.2. The summed E-state index contributed by atoms with van der Waals surface area (Å²) >= 11 is 0. The summed E-state index contributed by atoms with van der Waals surface area (Å²) in [6, 6.07) is 12.1. The van der Waals surface area contributed by atoms with E-state index in [2.05, 4.69) is 5.10 Å². The highest BCUT2D eigenvalue weighted by Gasteiger charge is 2.64. The van der Waals surface area contributed by atoms with Crippen molar-refractivity contribution in [3.63, 3.8) is 0 Å². The second-order valence-electron chi connectivity index (χ2n) is 7.82. The van der Waals surface area contributed by atoms with Crippen molar-refractivity contribution in [2.75, 3.05) is 19.1 Å². The van der Waals surface area contributed by atoms with Gasteiger partial charge in [0.1, 0.15) is 17.5 Å². The number of benzene rings is 2. The van der Waals surface area contributed by atoms with Crippen molar-refractivity contribution in [1.82, 2.24) is 5.01 Å². The molecule has 2 aromatic carbocycles. The van der Waals surface area contributed by atoms with E-state index in [4.69, 9.17) is 9.47 Å². The van der Waals surface area contributed by atoms with Crippen LogP contribution in [0.5, 0.6) is 11.5 Å². The van der Waals surface area contributed by atoms with Crippen LogP contribution in [0.3, 0.4) is 0 Å². The average Bonchev–Trinajstić information content (AvgIpc) is 3.31. The number of hydrogen-bond donors (Lipinski definition) is 0. The van der Waals surface area contributed by atoms with Crippen molar-refractivity contribution in [3.8, 4) is 11.5 Å². The summed E-state index contributed by atoms with van der Waals surface area (Å²) < 4.78 is 10.3. The number of imide groups is 1. The molecule has 4 atom stereocenters. The van der Waals surface area contributed by atoms with E-state index in [0.717, 1.165) is 0 Å². The second-order valence-corrected chi connectivity index (χ2v) is 7.82. The number of hydrazone groups is 1. The van der Waals surface area contributed by atoms with E-state index < -0.39 is 29.8 Å². The van der Waals surface area contributed by atoms with Crippen LogP contribution in [-0.4, -0.2) is 55.1 Å². The molecule has 0 spiro atoms. The van der Waals surface area contributed by atoms with Crippen LogP contribution in [0.4, 0.5) is 5.69 Å². The molecule has 32 heavy (non-hydrogen) atoms. The molecule has 0 saturated carbocycles. The fourth-order valence-corrected chi connectivity index (χ4v) is 4.75. The van der Waals surface area contributed by atoms with Gasteiger partial charge in [-0.05, 0) is 54.6 Å². The van der Waals surface area contributed by atoms with Crippen molar-refractivity contribution in [2.45, 2.75) is 12.1 Å². The van der Waals surface area contributed by atoms with Gasteiger partial charge in [0.25, 0.3) is 0 Å². The van der Waals surface area contributed by atoms with Gasteiger partial charge in [0.05, 0.1) is 37.8 Å². The number of ether oxygens (including phenoxy) is 2. The predicted octanol–water partition coefficient (Wildman–Crippen LogP) is 2.30. The Morgan fingerprint density at radius 3 is 2.09 bits per heavy atom.